The van der Waals surface area contributed by atoms with Gasteiger partial charge in [0.1, 0.15) is 5.78 Å². The standard InChI is InChI=1S/C18H16O/c1-3-15-9-11-17(12-10-15)18(14(2)19)13-16-7-5-4-6-8-16/h1,4-12,18H,13H2,2H3. The van der Waals surface area contributed by atoms with E-state index in [-0.39, 0.29) is 11.7 Å². The fourth-order valence-electron chi connectivity index (χ4n) is 2.16. The molecule has 1 unspecified atom stereocenters. The van der Waals surface area contributed by atoms with Crippen LogP contribution in [-0.4, -0.2) is 5.78 Å². The molecule has 0 N–H and O–H groups in total. The van der Waals surface area contributed by atoms with Gasteiger partial charge in [0.15, 0.2) is 0 Å². The highest BCUT2D eigenvalue weighted by atomic mass is 16.1. The summed E-state index contributed by atoms with van der Waals surface area (Å²) in [5.74, 6) is 2.66. The van der Waals surface area contributed by atoms with Crippen molar-refractivity contribution in [3.05, 3.63) is 71.3 Å². The highest BCUT2D eigenvalue weighted by Crippen LogP contribution is 2.22. The fourth-order valence-corrected chi connectivity index (χ4v) is 2.16. The molecule has 2 aromatic carbocycles. The lowest BCUT2D eigenvalue weighted by molar-refractivity contribution is -0.118. The Hall–Kier alpha value is -2.33. The van der Waals surface area contributed by atoms with Crippen molar-refractivity contribution >= 4 is 5.78 Å². The third-order valence-corrected chi connectivity index (χ3v) is 3.25. The summed E-state index contributed by atoms with van der Waals surface area (Å²) in [6.07, 6.45) is 6.07. The number of Topliss-reactive ketones (excluding diaryl/α,β-unsaturated/α-hetero) is 1. The van der Waals surface area contributed by atoms with Crippen LogP contribution in [0.5, 0.6) is 0 Å². The van der Waals surface area contributed by atoms with E-state index in [0.29, 0.717) is 0 Å². The highest BCUT2D eigenvalue weighted by molar-refractivity contribution is 5.83. The van der Waals surface area contributed by atoms with Crippen LogP contribution in [0.3, 0.4) is 0 Å². The first-order valence-electron chi connectivity index (χ1n) is 6.31. The normalized spacial score (nSPS) is 11.6. The first kappa shape index (κ1) is 13.1. The second-order valence-corrected chi connectivity index (χ2v) is 4.62. The molecule has 0 amide bonds. The van der Waals surface area contributed by atoms with Gasteiger partial charge in [0.25, 0.3) is 0 Å². The molecule has 1 nitrogen and oxygen atoms in total. The third kappa shape index (κ3) is 3.33. The van der Waals surface area contributed by atoms with Crippen molar-refractivity contribution in [1.29, 1.82) is 0 Å². The molecule has 0 spiro atoms. The maximum absolute atomic E-state index is 11.9. The molecule has 2 aromatic rings. The van der Waals surface area contributed by atoms with Crippen LogP contribution < -0.4 is 0 Å². The van der Waals surface area contributed by atoms with Gasteiger partial charge in [0.2, 0.25) is 0 Å². The smallest absolute Gasteiger partial charge is 0.137 e. The molecule has 0 heterocycles. The van der Waals surface area contributed by atoms with E-state index in [1.54, 1.807) is 6.92 Å². The third-order valence-electron chi connectivity index (χ3n) is 3.25. The van der Waals surface area contributed by atoms with Gasteiger partial charge in [-0.25, -0.2) is 0 Å². The molecule has 19 heavy (non-hydrogen) atoms. The summed E-state index contributed by atoms with van der Waals surface area (Å²) in [6.45, 7) is 1.64. The summed E-state index contributed by atoms with van der Waals surface area (Å²) in [6, 6.07) is 17.7. The number of carbonyl (C=O) groups excluding carboxylic acids is 1. The minimum absolute atomic E-state index is 0.103. The van der Waals surface area contributed by atoms with Crippen LogP contribution in [0.15, 0.2) is 54.6 Å². The predicted octanol–water partition coefficient (Wildman–Crippen LogP) is 3.58. The summed E-state index contributed by atoms with van der Waals surface area (Å²) < 4.78 is 0. The zero-order valence-electron chi connectivity index (χ0n) is 11.0. The van der Waals surface area contributed by atoms with Crippen molar-refractivity contribution in [1.82, 2.24) is 0 Å². The molecule has 0 fully saturated rings. The molecule has 0 aliphatic carbocycles. The molecule has 0 saturated carbocycles. The Balaban J connectivity index is 2.25. The van der Waals surface area contributed by atoms with Crippen LogP contribution in [0.25, 0.3) is 0 Å². The summed E-state index contributed by atoms with van der Waals surface area (Å²) in [4.78, 5) is 11.9. The zero-order chi connectivity index (χ0) is 13.7. The van der Waals surface area contributed by atoms with Crippen LogP contribution in [0.2, 0.25) is 0 Å². The lowest BCUT2D eigenvalue weighted by atomic mass is 9.88. The van der Waals surface area contributed by atoms with Gasteiger partial charge in [-0.3, -0.25) is 4.79 Å². The minimum atomic E-state index is -0.103. The minimum Gasteiger partial charge on any atom is -0.299 e. The molecule has 0 bridgehead atoms. The maximum atomic E-state index is 11.9. The lowest BCUT2D eigenvalue weighted by Gasteiger charge is -2.14. The number of carbonyl (C=O) groups is 1. The van der Waals surface area contributed by atoms with E-state index in [0.717, 1.165) is 17.5 Å². The zero-order valence-corrected chi connectivity index (χ0v) is 11.0. The first-order chi connectivity index (χ1) is 9.20. The van der Waals surface area contributed by atoms with E-state index >= 15 is 0 Å². The Morgan fingerprint density at radius 1 is 1.11 bits per heavy atom. The number of terminal acetylenes is 1. The van der Waals surface area contributed by atoms with E-state index in [2.05, 4.69) is 5.92 Å². The summed E-state index contributed by atoms with van der Waals surface area (Å²) in [7, 11) is 0. The van der Waals surface area contributed by atoms with Crippen LogP contribution >= 0.6 is 0 Å². The molecule has 0 aliphatic heterocycles. The second-order valence-electron chi connectivity index (χ2n) is 4.62. The van der Waals surface area contributed by atoms with Gasteiger partial charge >= 0.3 is 0 Å². The highest BCUT2D eigenvalue weighted by Gasteiger charge is 2.17. The van der Waals surface area contributed by atoms with Gasteiger partial charge in [0, 0.05) is 11.5 Å². The van der Waals surface area contributed by atoms with Gasteiger partial charge in [0.05, 0.1) is 0 Å². The maximum Gasteiger partial charge on any atom is 0.137 e. The number of rotatable bonds is 4. The van der Waals surface area contributed by atoms with E-state index in [9.17, 15) is 4.79 Å². The van der Waals surface area contributed by atoms with Gasteiger partial charge in [-0.1, -0.05) is 48.4 Å². The monoisotopic (exact) mass is 248 g/mol. The molecule has 2 rings (SSSR count). The SMILES string of the molecule is C#Cc1ccc(C(Cc2ccccc2)C(C)=O)cc1. The van der Waals surface area contributed by atoms with Gasteiger partial charge < -0.3 is 0 Å². The Morgan fingerprint density at radius 3 is 2.26 bits per heavy atom. The van der Waals surface area contributed by atoms with Crippen molar-refractivity contribution in [2.75, 3.05) is 0 Å². The van der Waals surface area contributed by atoms with E-state index in [4.69, 9.17) is 6.42 Å². The van der Waals surface area contributed by atoms with Crippen LogP contribution in [0.4, 0.5) is 0 Å². The Kier molecular flexibility index (Phi) is 4.15. The molecular formula is C18H16O. The van der Waals surface area contributed by atoms with E-state index in [1.807, 2.05) is 54.6 Å². The van der Waals surface area contributed by atoms with Crippen LogP contribution in [0.1, 0.15) is 29.5 Å². The topological polar surface area (TPSA) is 17.1 Å². The molecular weight excluding hydrogens is 232 g/mol. The molecule has 1 atom stereocenters. The van der Waals surface area contributed by atoms with Crippen LogP contribution in [0, 0.1) is 12.3 Å². The van der Waals surface area contributed by atoms with Crippen molar-refractivity contribution in [2.45, 2.75) is 19.3 Å². The number of hydrogen-bond acceptors (Lipinski definition) is 1. The Bertz CT molecular complexity index is 588. The summed E-state index contributed by atoms with van der Waals surface area (Å²) >= 11 is 0. The molecule has 0 aromatic heterocycles. The molecule has 0 aliphatic rings. The van der Waals surface area contributed by atoms with Crippen LogP contribution in [-0.2, 0) is 11.2 Å². The lowest BCUT2D eigenvalue weighted by Crippen LogP contribution is -2.12. The summed E-state index contributed by atoms with van der Waals surface area (Å²) in [5, 5.41) is 0. The second kappa shape index (κ2) is 6.02. The van der Waals surface area contributed by atoms with E-state index in [1.165, 1.54) is 5.56 Å². The van der Waals surface area contributed by atoms with Crippen molar-refractivity contribution in [3.8, 4) is 12.3 Å². The molecule has 94 valence electrons. The summed E-state index contributed by atoms with van der Waals surface area (Å²) in [5.41, 5.74) is 3.03. The Labute approximate surface area is 114 Å². The number of benzene rings is 2. The number of ketones is 1. The first-order valence-corrected chi connectivity index (χ1v) is 6.31. The average molecular weight is 248 g/mol. The van der Waals surface area contributed by atoms with Crippen molar-refractivity contribution in [2.24, 2.45) is 0 Å². The largest absolute Gasteiger partial charge is 0.299 e. The van der Waals surface area contributed by atoms with E-state index < -0.39 is 0 Å². The molecule has 1 heteroatoms. The molecule has 0 radical (unpaired) electrons. The average Bonchev–Trinajstić information content (AvgIpc) is 2.46. The van der Waals surface area contributed by atoms with Gasteiger partial charge in [-0.15, -0.1) is 6.42 Å². The van der Waals surface area contributed by atoms with Crippen molar-refractivity contribution < 1.29 is 4.79 Å². The van der Waals surface area contributed by atoms with Gasteiger partial charge in [-0.2, -0.15) is 0 Å². The predicted molar refractivity (Wildman–Crippen MR) is 77.9 cm³/mol. The van der Waals surface area contributed by atoms with Crippen molar-refractivity contribution in [3.63, 3.8) is 0 Å². The Morgan fingerprint density at radius 2 is 1.74 bits per heavy atom. The molecule has 0 saturated heterocycles. The quantitative estimate of drug-likeness (QED) is 0.756. The fraction of sp³-hybridized carbons (Fsp3) is 0.167. The van der Waals surface area contributed by atoms with Gasteiger partial charge in [-0.05, 0) is 36.6 Å². The number of hydrogen-bond donors (Lipinski definition) is 0.